The summed E-state index contributed by atoms with van der Waals surface area (Å²) in [6.07, 6.45) is 0.808. The van der Waals surface area contributed by atoms with Crippen LogP contribution in [0.5, 0.6) is 11.5 Å². The molecule has 0 aliphatic carbocycles. The van der Waals surface area contributed by atoms with E-state index in [4.69, 9.17) is 9.47 Å². The monoisotopic (exact) mass is 346 g/mol. The van der Waals surface area contributed by atoms with Crippen molar-refractivity contribution < 1.29 is 14.3 Å². The van der Waals surface area contributed by atoms with E-state index in [1.807, 2.05) is 22.4 Å². The van der Waals surface area contributed by atoms with E-state index < -0.39 is 0 Å². The van der Waals surface area contributed by atoms with Gasteiger partial charge in [-0.2, -0.15) is 0 Å². The third kappa shape index (κ3) is 3.11. The van der Waals surface area contributed by atoms with Crippen molar-refractivity contribution >= 4 is 17.2 Å². The molecule has 0 saturated heterocycles. The smallest absolute Gasteiger partial charge is 0.273 e. The number of carbonyl (C=O) groups is 1. The number of benzene rings is 1. The van der Waals surface area contributed by atoms with E-state index >= 15 is 0 Å². The number of fused-ring (bicyclic) bond motifs is 1. The Kier molecular flexibility index (Phi) is 4.76. The molecule has 0 spiro atoms. The Balaban J connectivity index is 1.82. The highest BCUT2D eigenvalue weighted by molar-refractivity contribution is 7.09. The van der Waals surface area contributed by atoms with Gasteiger partial charge in [0.25, 0.3) is 5.91 Å². The highest BCUT2D eigenvalue weighted by atomic mass is 32.1. The van der Waals surface area contributed by atoms with Crippen LogP contribution in [0.1, 0.15) is 46.4 Å². The molecule has 2 aromatic rings. The first kappa shape index (κ1) is 16.8. The zero-order valence-electron chi connectivity index (χ0n) is 14.5. The Labute approximate surface area is 146 Å². The lowest BCUT2D eigenvalue weighted by Gasteiger charge is -2.29. The zero-order valence-corrected chi connectivity index (χ0v) is 15.3. The van der Waals surface area contributed by atoms with Gasteiger partial charge in [-0.25, -0.2) is 4.98 Å². The molecule has 0 unspecified atom stereocenters. The van der Waals surface area contributed by atoms with Gasteiger partial charge in [0, 0.05) is 24.4 Å². The van der Waals surface area contributed by atoms with E-state index in [2.05, 4.69) is 18.8 Å². The number of methoxy groups -OCH3 is 2. The number of ether oxygens (including phenoxy) is 2. The van der Waals surface area contributed by atoms with Gasteiger partial charge in [-0.05, 0) is 29.7 Å². The largest absolute Gasteiger partial charge is 0.493 e. The molecule has 6 heteroatoms. The number of rotatable bonds is 4. The molecular formula is C18H22N2O3S. The van der Waals surface area contributed by atoms with Crippen LogP contribution in [0.2, 0.25) is 0 Å². The van der Waals surface area contributed by atoms with Crippen LogP contribution in [0.4, 0.5) is 0 Å². The SMILES string of the molecule is COc1cc2c(cc1OC)CN(C(=O)c1csc(C(C)C)n1)CC2. The maximum absolute atomic E-state index is 12.7. The fourth-order valence-corrected chi connectivity index (χ4v) is 3.68. The topological polar surface area (TPSA) is 51.7 Å². The summed E-state index contributed by atoms with van der Waals surface area (Å²) in [5.74, 6) is 1.77. The number of aromatic nitrogens is 1. The van der Waals surface area contributed by atoms with Crippen LogP contribution >= 0.6 is 11.3 Å². The molecule has 128 valence electrons. The van der Waals surface area contributed by atoms with Gasteiger partial charge in [0.2, 0.25) is 0 Å². The van der Waals surface area contributed by atoms with Crippen molar-refractivity contribution in [1.82, 2.24) is 9.88 Å². The maximum Gasteiger partial charge on any atom is 0.273 e. The number of amides is 1. The molecule has 2 heterocycles. The Hall–Kier alpha value is -2.08. The molecule has 1 amide bonds. The summed E-state index contributed by atoms with van der Waals surface area (Å²) in [4.78, 5) is 19.1. The van der Waals surface area contributed by atoms with Gasteiger partial charge in [0.1, 0.15) is 5.69 Å². The highest BCUT2D eigenvalue weighted by Gasteiger charge is 2.25. The second-order valence-corrected chi connectivity index (χ2v) is 7.07. The third-order valence-corrected chi connectivity index (χ3v) is 5.39. The molecule has 0 bridgehead atoms. The lowest BCUT2D eigenvalue weighted by atomic mass is 9.98. The van der Waals surface area contributed by atoms with Gasteiger partial charge < -0.3 is 14.4 Å². The van der Waals surface area contributed by atoms with Crippen LogP contribution < -0.4 is 9.47 Å². The molecule has 24 heavy (non-hydrogen) atoms. The minimum absolute atomic E-state index is 0.00131. The first-order valence-corrected chi connectivity index (χ1v) is 8.90. The van der Waals surface area contributed by atoms with Gasteiger partial charge in [-0.3, -0.25) is 4.79 Å². The molecule has 1 aromatic heterocycles. The van der Waals surface area contributed by atoms with Crippen LogP contribution in [0.15, 0.2) is 17.5 Å². The van der Waals surface area contributed by atoms with Gasteiger partial charge in [-0.15, -0.1) is 11.3 Å². The summed E-state index contributed by atoms with van der Waals surface area (Å²) in [5, 5.41) is 2.86. The molecule has 5 nitrogen and oxygen atoms in total. The lowest BCUT2D eigenvalue weighted by Crippen LogP contribution is -2.36. The molecule has 0 fully saturated rings. The van der Waals surface area contributed by atoms with Crippen molar-refractivity contribution in [3.05, 3.63) is 39.3 Å². The third-order valence-electron chi connectivity index (χ3n) is 4.24. The van der Waals surface area contributed by atoms with E-state index in [1.165, 1.54) is 5.56 Å². The van der Waals surface area contributed by atoms with E-state index in [0.717, 1.165) is 22.7 Å². The van der Waals surface area contributed by atoms with Crippen LogP contribution in [-0.2, 0) is 13.0 Å². The van der Waals surface area contributed by atoms with Gasteiger partial charge in [0.05, 0.1) is 19.2 Å². The molecule has 0 N–H and O–H groups in total. The highest BCUT2D eigenvalue weighted by Crippen LogP contribution is 2.33. The summed E-state index contributed by atoms with van der Waals surface area (Å²) in [6, 6.07) is 3.98. The van der Waals surface area contributed by atoms with E-state index in [1.54, 1.807) is 25.6 Å². The molecule has 1 aromatic carbocycles. The summed E-state index contributed by atoms with van der Waals surface area (Å²) in [5.41, 5.74) is 2.86. The maximum atomic E-state index is 12.7. The van der Waals surface area contributed by atoms with Gasteiger partial charge in [-0.1, -0.05) is 13.8 Å². The molecule has 0 saturated carbocycles. The number of carbonyl (C=O) groups excluding carboxylic acids is 1. The molecule has 0 radical (unpaired) electrons. The average molecular weight is 346 g/mol. The first-order valence-electron chi connectivity index (χ1n) is 8.02. The van der Waals surface area contributed by atoms with Gasteiger partial charge >= 0.3 is 0 Å². The first-order chi connectivity index (χ1) is 11.5. The number of thiazole rings is 1. The van der Waals surface area contributed by atoms with E-state index in [-0.39, 0.29) is 5.91 Å². The molecule has 1 aliphatic rings. The Morgan fingerprint density at radius 1 is 1.21 bits per heavy atom. The van der Waals surface area contributed by atoms with Crippen LogP contribution in [0.25, 0.3) is 0 Å². The minimum Gasteiger partial charge on any atom is -0.493 e. The number of hydrogen-bond acceptors (Lipinski definition) is 5. The predicted molar refractivity (Wildman–Crippen MR) is 94.2 cm³/mol. The van der Waals surface area contributed by atoms with Crippen LogP contribution in [0, 0.1) is 0 Å². The molecular weight excluding hydrogens is 324 g/mol. The van der Waals surface area contributed by atoms with Crippen molar-refractivity contribution in [2.45, 2.75) is 32.7 Å². The zero-order chi connectivity index (χ0) is 17.3. The number of hydrogen-bond donors (Lipinski definition) is 0. The summed E-state index contributed by atoms with van der Waals surface area (Å²) in [7, 11) is 3.26. The normalized spacial score (nSPS) is 13.8. The fourth-order valence-electron chi connectivity index (χ4n) is 2.87. The molecule has 1 aliphatic heterocycles. The molecule has 0 atom stereocenters. The van der Waals surface area contributed by atoms with Crippen molar-refractivity contribution in [3.8, 4) is 11.5 Å². The van der Waals surface area contributed by atoms with Gasteiger partial charge in [0.15, 0.2) is 11.5 Å². The van der Waals surface area contributed by atoms with Crippen LogP contribution in [0.3, 0.4) is 0 Å². The van der Waals surface area contributed by atoms with Crippen molar-refractivity contribution in [3.63, 3.8) is 0 Å². The van der Waals surface area contributed by atoms with Crippen molar-refractivity contribution in [2.75, 3.05) is 20.8 Å². The van der Waals surface area contributed by atoms with Crippen molar-refractivity contribution in [2.24, 2.45) is 0 Å². The van der Waals surface area contributed by atoms with Crippen LogP contribution in [-0.4, -0.2) is 36.6 Å². The standard InChI is InChI=1S/C18H22N2O3S/c1-11(2)17-19-14(10-24-17)18(21)20-6-5-12-7-15(22-3)16(23-4)8-13(12)9-20/h7-8,10-11H,5-6,9H2,1-4H3. The fraction of sp³-hybridized carbons (Fsp3) is 0.444. The summed E-state index contributed by atoms with van der Waals surface area (Å²) < 4.78 is 10.7. The average Bonchev–Trinajstić information content (AvgIpc) is 3.09. The minimum atomic E-state index is -0.00131. The Morgan fingerprint density at radius 3 is 2.46 bits per heavy atom. The number of nitrogens with zero attached hydrogens (tertiary/aromatic N) is 2. The Morgan fingerprint density at radius 2 is 1.88 bits per heavy atom. The quantitative estimate of drug-likeness (QED) is 0.850. The van der Waals surface area contributed by atoms with E-state index in [0.29, 0.717) is 30.5 Å². The second-order valence-electron chi connectivity index (χ2n) is 6.18. The predicted octanol–water partition coefficient (Wildman–Crippen LogP) is 3.48. The summed E-state index contributed by atoms with van der Waals surface area (Å²) in [6.45, 7) is 5.44. The Bertz CT molecular complexity index is 755. The van der Waals surface area contributed by atoms with E-state index in [9.17, 15) is 4.79 Å². The molecule has 3 rings (SSSR count). The van der Waals surface area contributed by atoms with Crippen molar-refractivity contribution in [1.29, 1.82) is 0 Å². The lowest BCUT2D eigenvalue weighted by molar-refractivity contribution is 0.0729. The summed E-state index contributed by atoms with van der Waals surface area (Å²) >= 11 is 1.55. The second kappa shape index (κ2) is 6.81.